The van der Waals surface area contributed by atoms with Gasteiger partial charge in [0.05, 0.1) is 16.0 Å². The maximum Gasteiger partial charge on any atom is 0.271 e. The van der Waals surface area contributed by atoms with E-state index in [1.54, 1.807) is 6.07 Å². The van der Waals surface area contributed by atoms with Crippen LogP contribution < -0.4 is 10.2 Å². The molecule has 2 aromatic rings. The lowest BCUT2D eigenvalue weighted by molar-refractivity contribution is -0.384. The monoisotopic (exact) mass is 275 g/mol. The summed E-state index contributed by atoms with van der Waals surface area (Å²) in [4.78, 5) is 20.1. The molecule has 20 heavy (non-hydrogen) atoms. The van der Waals surface area contributed by atoms with E-state index in [1.807, 2.05) is 7.05 Å². The zero-order chi connectivity index (χ0) is 14.1. The molecule has 7 heteroatoms. The number of aromatic nitrogens is 2. The van der Waals surface area contributed by atoms with Crippen LogP contribution in [0.2, 0.25) is 0 Å². The smallest absolute Gasteiger partial charge is 0.271 e. The average molecular weight is 275 g/mol. The molecule has 3 rings (SSSR count). The number of H-pyrrole nitrogens is 1. The summed E-state index contributed by atoms with van der Waals surface area (Å²) < 4.78 is 0. The van der Waals surface area contributed by atoms with E-state index in [0.717, 1.165) is 31.1 Å². The summed E-state index contributed by atoms with van der Waals surface area (Å²) in [6.07, 6.45) is 1.18. The fraction of sp³-hybridized carbons (Fsp3) is 0.462. The van der Waals surface area contributed by atoms with Crippen LogP contribution in [-0.2, 0) is 0 Å². The molecular formula is C13H17N5O2. The number of anilines is 1. The number of nitrogens with zero attached hydrogens (tertiary/aromatic N) is 3. The normalized spacial score (nSPS) is 18.6. The molecule has 0 aliphatic carbocycles. The Kier molecular flexibility index (Phi) is 3.27. The minimum Gasteiger partial charge on any atom is -0.345 e. The van der Waals surface area contributed by atoms with Crippen molar-refractivity contribution in [2.45, 2.75) is 6.42 Å². The van der Waals surface area contributed by atoms with Gasteiger partial charge in [-0.15, -0.1) is 0 Å². The third kappa shape index (κ3) is 2.44. The third-order valence-electron chi connectivity index (χ3n) is 3.72. The molecule has 0 unspecified atom stereocenters. The minimum absolute atomic E-state index is 0.0790. The van der Waals surface area contributed by atoms with Gasteiger partial charge in [0.1, 0.15) is 0 Å². The van der Waals surface area contributed by atoms with Crippen molar-refractivity contribution < 1.29 is 4.92 Å². The van der Waals surface area contributed by atoms with Crippen molar-refractivity contribution in [3.8, 4) is 0 Å². The number of nitro groups is 1. The van der Waals surface area contributed by atoms with Crippen LogP contribution in [0, 0.1) is 16.0 Å². The second-order valence-corrected chi connectivity index (χ2v) is 5.26. The molecule has 1 saturated heterocycles. The molecule has 2 heterocycles. The van der Waals surface area contributed by atoms with Crippen molar-refractivity contribution in [2.75, 3.05) is 31.6 Å². The SMILES string of the molecule is CN(C[C@H]1CCNC1)c1nc2ccc([N+](=O)[O-])cc2[nH]1. The molecule has 1 aliphatic rings. The summed E-state index contributed by atoms with van der Waals surface area (Å²) in [6.45, 7) is 3.04. The van der Waals surface area contributed by atoms with Crippen LogP contribution in [0.1, 0.15) is 6.42 Å². The van der Waals surface area contributed by atoms with Gasteiger partial charge in [0.15, 0.2) is 0 Å². The summed E-state index contributed by atoms with van der Waals surface area (Å²) in [5, 5.41) is 14.1. The number of rotatable bonds is 4. The first-order valence-electron chi connectivity index (χ1n) is 6.69. The highest BCUT2D eigenvalue weighted by Crippen LogP contribution is 2.22. The topological polar surface area (TPSA) is 87.1 Å². The highest BCUT2D eigenvalue weighted by molar-refractivity contribution is 5.80. The molecule has 1 atom stereocenters. The lowest BCUT2D eigenvalue weighted by Crippen LogP contribution is -2.27. The first kappa shape index (κ1) is 12.9. The van der Waals surface area contributed by atoms with Crippen LogP contribution in [0.5, 0.6) is 0 Å². The Morgan fingerprint density at radius 2 is 2.40 bits per heavy atom. The average Bonchev–Trinajstić information content (AvgIpc) is 3.05. The first-order valence-corrected chi connectivity index (χ1v) is 6.69. The fourth-order valence-corrected chi connectivity index (χ4v) is 2.62. The lowest BCUT2D eigenvalue weighted by atomic mass is 10.1. The molecular weight excluding hydrogens is 258 g/mol. The molecule has 1 aromatic carbocycles. The Morgan fingerprint density at radius 3 is 3.10 bits per heavy atom. The van der Waals surface area contributed by atoms with Crippen LogP contribution in [0.4, 0.5) is 11.6 Å². The molecule has 7 nitrogen and oxygen atoms in total. The van der Waals surface area contributed by atoms with Crippen LogP contribution in [0.3, 0.4) is 0 Å². The van der Waals surface area contributed by atoms with Crippen molar-refractivity contribution in [1.29, 1.82) is 0 Å². The number of aromatic amines is 1. The lowest BCUT2D eigenvalue weighted by Gasteiger charge is -2.19. The van der Waals surface area contributed by atoms with Crippen molar-refractivity contribution in [3.63, 3.8) is 0 Å². The number of hydrogen-bond acceptors (Lipinski definition) is 5. The van der Waals surface area contributed by atoms with E-state index < -0.39 is 4.92 Å². The zero-order valence-corrected chi connectivity index (χ0v) is 11.3. The number of hydrogen-bond donors (Lipinski definition) is 2. The molecule has 0 saturated carbocycles. The number of nitro benzene ring substituents is 1. The van der Waals surface area contributed by atoms with Gasteiger partial charge in [-0.25, -0.2) is 4.98 Å². The van der Waals surface area contributed by atoms with Crippen LogP contribution >= 0.6 is 0 Å². The van der Waals surface area contributed by atoms with E-state index in [1.165, 1.54) is 18.6 Å². The number of imidazole rings is 1. The second kappa shape index (κ2) is 5.09. The Hall–Kier alpha value is -2.15. The predicted molar refractivity (Wildman–Crippen MR) is 77.0 cm³/mol. The van der Waals surface area contributed by atoms with E-state index in [-0.39, 0.29) is 5.69 Å². The molecule has 2 N–H and O–H groups in total. The molecule has 1 aromatic heterocycles. The Bertz CT molecular complexity index is 633. The number of benzene rings is 1. The van der Waals surface area contributed by atoms with Gasteiger partial charge in [-0.2, -0.15) is 0 Å². The van der Waals surface area contributed by atoms with Gasteiger partial charge >= 0.3 is 0 Å². The van der Waals surface area contributed by atoms with Crippen molar-refractivity contribution in [1.82, 2.24) is 15.3 Å². The van der Waals surface area contributed by atoms with Crippen molar-refractivity contribution in [3.05, 3.63) is 28.3 Å². The maximum absolute atomic E-state index is 10.8. The van der Waals surface area contributed by atoms with E-state index in [0.29, 0.717) is 11.4 Å². The largest absolute Gasteiger partial charge is 0.345 e. The Labute approximate surface area is 116 Å². The van der Waals surface area contributed by atoms with Gasteiger partial charge in [0, 0.05) is 25.7 Å². The van der Waals surface area contributed by atoms with Gasteiger partial charge in [0.25, 0.3) is 5.69 Å². The van der Waals surface area contributed by atoms with Crippen LogP contribution in [0.25, 0.3) is 11.0 Å². The van der Waals surface area contributed by atoms with E-state index in [9.17, 15) is 10.1 Å². The summed E-state index contributed by atoms with van der Waals surface area (Å²) in [5.41, 5.74) is 1.53. The molecule has 0 spiro atoms. The molecule has 0 radical (unpaired) electrons. The zero-order valence-electron chi connectivity index (χ0n) is 11.3. The first-order chi connectivity index (χ1) is 9.63. The highest BCUT2D eigenvalue weighted by Gasteiger charge is 2.18. The van der Waals surface area contributed by atoms with E-state index >= 15 is 0 Å². The second-order valence-electron chi connectivity index (χ2n) is 5.26. The van der Waals surface area contributed by atoms with Gasteiger partial charge in [0.2, 0.25) is 5.95 Å². The standard InChI is InChI=1S/C13H17N5O2/c1-17(8-9-4-5-14-7-9)13-15-11-3-2-10(18(19)20)6-12(11)16-13/h2-3,6,9,14H,4-5,7-8H2,1H3,(H,15,16)/t9-/m0/s1. The van der Waals surface area contributed by atoms with Crippen LogP contribution in [-0.4, -0.2) is 41.6 Å². The van der Waals surface area contributed by atoms with Gasteiger partial charge in [-0.3, -0.25) is 10.1 Å². The van der Waals surface area contributed by atoms with Gasteiger partial charge < -0.3 is 15.2 Å². The molecule has 106 valence electrons. The third-order valence-corrected chi connectivity index (χ3v) is 3.72. The molecule has 0 bridgehead atoms. The maximum atomic E-state index is 10.8. The van der Waals surface area contributed by atoms with E-state index in [4.69, 9.17) is 0 Å². The van der Waals surface area contributed by atoms with Crippen LogP contribution in [0.15, 0.2) is 18.2 Å². The van der Waals surface area contributed by atoms with Gasteiger partial charge in [-0.1, -0.05) is 0 Å². The van der Waals surface area contributed by atoms with Crippen molar-refractivity contribution >= 4 is 22.7 Å². The quantitative estimate of drug-likeness (QED) is 0.652. The fourth-order valence-electron chi connectivity index (χ4n) is 2.62. The van der Waals surface area contributed by atoms with Crippen molar-refractivity contribution in [2.24, 2.45) is 5.92 Å². The number of fused-ring (bicyclic) bond motifs is 1. The van der Waals surface area contributed by atoms with E-state index in [2.05, 4.69) is 20.2 Å². The number of nitrogens with one attached hydrogen (secondary N) is 2. The summed E-state index contributed by atoms with van der Waals surface area (Å²) in [5.74, 6) is 1.38. The predicted octanol–water partition coefficient (Wildman–Crippen LogP) is 1.52. The molecule has 1 fully saturated rings. The summed E-state index contributed by atoms with van der Waals surface area (Å²) in [6, 6.07) is 4.68. The highest BCUT2D eigenvalue weighted by atomic mass is 16.6. The Balaban J connectivity index is 1.82. The minimum atomic E-state index is -0.395. The molecule has 0 amide bonds. The Morgan fingerprint density at radius 1 is 1.55 bits per heavy atom. The summed E-state index contributed by atoms with van der Waals surface area (Å²) in [7, 11) is 1.99. The number of non-ortho nitro benzene ring substituents is 1. The summed E-state index contributed by atoms with van der Waals surface area (Å²) >= 11 is 0. The molecule has 1 aliphatic heterocycles. The van der Waals surface area contributed by atoms with Gasteiger partial charge in [-0.05, 0) is 31.5 Å².